The van der Waals surface area contributed by atoms with Crippen molar-refractivity contribution < 1.29 is 4.79 Å². The molecular weight excluding hydrogens is 354 g/mol. The molecule has 0 aliphatic carbocycles. The minimum absolute atomic E-state index is 0.200. The van der Waals surface area contributed by atoms with Crippen LogP contribution in [0, 0.1) is 0 Å². The fourth-order valence-corrected chi connectivity index (χ4v) is 3.81. The molecule has 0 radical (unpaired) electrons. The van der Waals surface area contributed by atoms with Crippen molar-refractivity contribution in [1.29, 1.82) is 0 Å². The molecule has 2 amide bonds. The second-order valence-corrected chi connectivity index (χ2v) is 8.15. The molecule has 0 spiro atoms. The second-order valence-electron chi connectivity index (χ2n) is 8.15. The van der Waals surface area contributed by atoms with Crippen molar-refractivity contribution in [3.8, 4) is 0 Å². The fourth-order valence-electron chi connectivity index (χ4n) is 3.81. The number of nitrogens with zero attached hydrogens (tertiary/aromatic N) is 2. The van der Waals surface area contributed by atoms with Gasteiger partial charge in [-0.15, -0.1) is 0 Å². The third kappa shape index (κ3) is 5.65. The van der Waals surface area contributed by atoms with Gasteiger partial charge in [0.15, 0.2) is 0 Å². The third-order valence-corrected chi connectivity index (χ3v) is 5.48. The maximum absolute atomic E-state index is 12.6. The highest BCUT2D eigenvalue weighted by atomic mass is 16.2. The normalized spacial score (nSPS) is 25.4. The van der Waals surface area contributed by atoms with Gasteiger partial charge < -0.3 is 26.2 Å². The summed E-state index contributed by atoms with van der Waals surface area (Å²) in [7, 11) is 6.17. The molecule has 2 heterocycles. The maximum atomic E-state index is 12.6. The van der Waals surface area contributed by atoms with Crippen molar-refractivity contribution in [3.05, 3.63) is 29.3 Å². The first-order chi connectivity index (χ1) is 13.4. The Kier molecular flexibility index (Phi) is 7.25. The Labute approximate surface area is 168 Å². The standard InChI is InChI=1S/C20H35N7O/c1-14-11-18(22-9-10-26(2)3)27(4)19(23-14)25-20(28)24-17-6-5-15-7-8-21-13-16(15)12-17/h5-6,12,14,18-19,21-23H,7-11,13H2,1-4H3,(H2,24,25,28). The lowest BCUT2D eigenvalue weighted by molar-refractivity contribution is 0.0440. The van der Waals surface area contributed by atoms with Crippen molar-refractivity contribution in [1.82, 2.24) is 31.1 Å². The number of hydrogen-bond acceptors (Lipinski definition) is 6. The molecular formula is C20H35N7O. The van der Waals surface area contributed by atoms with Crippen LogP contribution in [0.15, 0.2) is 18.2 Å². The average Bonchev–Trinajstić information content (AvgIpc) is 2.65. The van der Waals surface area contributed by atoms with Gasteiger partial charge in [-0.2, -0.15) is 0 Å². The molecule has 1 aromatic rings. The number of carbonyl (C=O) groups excluding carboxylic acids is 1. The Morgan fingerprint density at radius 3 is 2.93 bits per heavy atom. The molecule has 3 atom stereocenters. The lowest BCUT2D eigenvalue weighted by atomic mass is 10.0. The number of likely N-dealkylation sites (N-methyl/N-ethyl adjacent to an activating group) is 1. The Bertz CT molecular complexity index is 666. The summed E-state index contributed by atoms with van der Waals surface area (Å²) in [4.78, 5) is 16.9. The molecule has 0 saturated carbocycles. The van der Waals surface area contributed by atoms with Gasteiger partial charge in [-0.05, 0) is 70.7 Å². The van der Waals surface area contributed by atoms with Gasteiger partial charge in [-0.3, -0.25) is 10.2 Å². The zero-order chi connectivity index (χ0) is 20.1. The number of nitrogens with one attached hydrogen (secondary N) is 5. The molecule has 5 N–H and O–H groups in total. The lowest BCUT2D eigenvalue weighted by Crippen LogP contribution is -2.68. The van der Waals surface area contributed by atoms with Crippen LogP contribution in [0.4, 0.5) is 10.5 Å². The molecule has 8 nitrogen and oxygen atoms in total. The zero-order valence-electron chi connectivity index (χ0n) is 17.5. The molecule has 0 bridgehead atoms. The smallest absolute Gasteiger partial charge is 0.312 e. The van der Waals surface area contributed by atoms with Crippen LogP contribution in [0.2, 0.25) is 0 Å². The number of urea groups is 1. The first-order valence-corrected chi connectivity index (χ1v) is 10.2. The van der Waals surface area contributed by atoms with Crippen LogP contribution in [-0.2, 0) is 13.0 Å². The van der Waals surface area contributed by atoms with E-state index in [-0.39, 0.29) is 18.5 Å². The van der Waals surface area contributed by atoms with Crippen molar-refractivity contribution in [2.45, 2.75) is 44.8 Å². The second kappa shape index (κ2) is 9.67. The number of carbonyl (C=O) groups is 1. The van der Waals surface area contributed by atoms with Gasteiger partial charge in [0.1, 0.15) is 6.29 Å². The van der Waals surface area contributed by atoms with E-state index < -0.39 is 0 Å². The van der Waals surface area contributed by atoms with E-state index in [2.05, 4.69) is 69.5 Å². The van der Waals surface area contributed by atoms with Crippen molar-refractivity contribution >= 4 is 11.7 Å². The molecule has 1 aromatic carbocycles. The lowest BCUT2D eigenvalue weighted by Gasteiger charge is -2.43. The summed E-state index contributed by atoms with van der Waals surface area (Å²) >= 11 is 0. The van der Waals surface area contributed by atoms with Crippen LogP contribution in [-0.4, -0.2) is 75.1 Å². The summed E-state index contributed by atoms with van der Waals surface area (Å²) in [6.45, 7) is 5.92. The summed E-state index contributed by atoms with van der Waals surface area (Å²) in [6.07, 6.45) is 2.02. The molecule has 2 aliphatic heterocycles. The average molecular weight is 390 g/mol. The molecule has 2 aliphatic rings. The number of benzene rings is 1. The molecule has 28 heavy (non-hydrogen) atoms. The monoisotopic (exact) mass is 389 g/mol. The Hall–Kier alpha value is -1.71. The quantitative estimate of drug-likeness (QED) is 0.488. The number of fused-ring (bicyclic) bond motifs is 1. The van der Waals surface area contributed by atoms with Gasteiger partial charge >= 0.3 is 6.03 Å². The van der Waals surface area contributed by atoms with Crippen molar-refractivity contribution in [3.63, 3.8) is 0 Å². The zero-order valence-corrected chi connectivity index (χ0v) is 17.5. The number of hydrogen-bond donors (Lipinski definition) is 5. The van der Waals surface area contributed by atoms with Crippen LogP contribution in [0.5, 0.6) is 0 Å². The van der Waals surface area contributed by atoms with Gasteiger partial charge in [0.2, 0.25) is 0 Å². The molecule has 3 unspecified atom stereocenters. The number of amides is 2. The van der Waals surface area contributed by atoms with E-state index in [9.17, 15) is 4.79 Å². The predicted octanol–water partition coefficient (Wildman–Crippen LogP) is 0.528. The summed E-state index contributed by atoms with van der Waals surface area (Å²) in [5.41, 5.74) is 3.45. The van der Waals surface area contributed by atoms with E-state index in [0.29, 0.717) is 6.04 Å². The molecule has 1 fully saturated rings. The molecule has 3 rings (SSSR count). The SMILES string of the molecule is CC1CC(NCCN(C)C)N(C)C(NC(=O)Nc2ccc3c(c2)CNCC3)N1. The predicted molar refractivity (Wildman–Crippen MR) is 113 cm³/mol. The minimum atomic E-state index is -0.222. The molecule has 0 aromatic heterocycles. The van der Waals surface area contributed by atoms with E-state index in [1.54, 1.807) is 0 Å². The Balaban J connectivity index is 1.54. The van der Waals surface area contributed by atoms with E-state index >= 15 is 0 Å². The van der Waals surface area contributed by atoms with Gasteiger partial charge in [0.05, 0.1) is 6.17 Å². The molecule has 156 valence electrons. The van der Waals surface area contributed by atoms with Crippen LogP contribution in [0.3, 0.4) is 0 Å². The Morgan fingerprint density at radius 1 is 1.32 bits per heavy atom. The van der Waals surface area contributed by atoms with Crippen LogP contribution >= 0.6 is 0 Å². The van der Waals surface area contributed by atoms with Gasteiger partial charge in [-0.25, -0.2) is 4.79 Å². The van der Waals surface area contributed by atoms with Gasteiger partial charge in [0, 0.05) is 31.4 Å². The number of rotatable bonds is 6. The first kappa shape index (κ1) is 21.0. The first-order valence-electron chi connectivity index (χ1n) is 10.2. The van der Waals surface area contributed by atoms with Crippen molar-refractivity contribution in [2.75, 3.05) is 46.1 Å². The minimum Gasteiger partial charge on any atom is -0.312 e. The topological polar surface area (TPSA) is 83.7 Å². The molecule has 8 heteroatoms. The van der Waals surface area contributed by atoms with E-state index in [0.717, 1.165) is 44.7 Å². The summed E-state index contributed by atoms with van der Waals surface area (Å²) in [5.74, 6) is 0. The van der Waals surface area contributed by atoms with E-state index in [1.807, 2.05) is 13.1 Å². The van der Waals surface area contributed by atoms with E-state index in [1.165, 1.54) is 11.1 Å². The summed E-state index contributed by atoms with van der Waals surface area (Å²) in [6, 6.07) is 6.27. The highest BCUT2D eigenvalue weighted by Crippen LogP contribution is 2.19. The third-order valence-electron chi connectivity index (χ3n) is 5.48. The summed E-state index contributed by atoms with van der Waals surface area (Å²) < 4.78 is 0. The Morgan fingerprint density at radius 2 is 2.14 bits per heavy atom. The maximum Gasteiger partial charge on any atom is 0.321 e. The van der Waals surface area contributed by atoms with Crippen LogP contribution in [0.1, 0.15) is 24.5 Å². The largest absolute Gasteiger partial charge is 0.321 e. The summed E-state index contributed by atoms with van der Waals surface area (Å²) in [5, 5.41) is 16.4. The highest BCUT2D eigenvalue weighted by Gasteiger charge is 2.31. The number of anilines is 1. The fraction of sp³-hybridized carbons (Fsp3) is 0.650. The van der Waals surface area contributed by atoms with Crippen LogP contribution in [0.25, 0.3) is 0 Å². The van der Waals surface area contributed by atoms with Gasteiger partial charge in [-0.1, -0.05) is 6.07 Å². The van der Waals surface area contributed by atoms with E-state index in [4.69, 9.17) is 0 Å². The van der Waals surface area contributed by atoms with Crippen molar-refractivity contribution in [2.24, 2.45) is 0 Å². The van der Waals surface area contributed by atoms with Crippen LogP contribution < -0.4 is 26.6 Å². The highest BCUT2D eigenvalue weighted by molar-refractivity contribution is 5.89. The van der Waals surface area contributed by atoms with Gasteiger partial charge in [0.25, 0.3) is 0 Å². The molecule has 1 saturated heterocycles.